The Labute approximate surface area is 170 Å². The van der Waals surface area contributed by atoms with E-state index in [4.69, 9.17) is 9.47 Å². The summed E-state index contributed by atoms with van der Waals surface area (Å²) in [6.45, 7) is 2.34. The summed E-state index contributed by atoms with van der Waals surface area (Å²) in [5, 5.41) is 5.65. The summed E-state index contributed by atoms with van der Waals surface area (Å²) in [4.78, 5) is 39.6. The molecular weight excluding hydrogens is 376 g/mol. The number of methoxy groups -OCH3 is 2. The Kier molecular flexibility index (Phi) is 6.79. The van der Waals surface area contributed by atoms with Crippen molar-refractivity contribution in [3.8, 4) is 11.5 Å². The van der Waals surface area contributed by atoms with E-state index in [9.17, 15) is 14.4 Å². The summed E-state index contributed by atoms with van der Waals surface area (Å²) in [6.07, 6.45) is 2.49. The van der Waals surface area contributed by atoms with Crippen LogP contribution in [-0.4, -0.2) is 69.2 Å². The molecule has 3 rings (SSSR count). The molecule has 2 fully saturated rings. The van der Waals surface area contributed by atoms with Gasteiger partial charge in [-0.1, -0.05) is 0 Å². The lowest BCUT2D eigenvalue weighted by molar-refractivity contribution is -0.127. The van der Waals surface area contributed by atoms with Crippen molar-refractivity contribution in [1.29, 1.82) is 0 Å². The van der Waals surface area contributed by atoms with E-state index < -0.39 is 0 Å². The molecule has 2 N–H and O–H groups in total. The summed E-state index contributed by atoms with van der Waals surface area (Å²) in [5.41, 5.74) is 0.702. The van der Waals surface area contributed by atoms with E-state index in [1.807, 2.05) is 4.90 Å². The zero-order chi connectivity index (χ0) is 20.8. The highest BCUT2D eigenvalue weighted by Crippen LogP contribution is 2.33. The molecule has 2 saturated heterocycles. The predicted molar refractivity (Wildman–Crippen MR) is 107 cm³/mol. The molecule has 0 bridgehead atoms. The molecule has 0 saturated carbocycles. The van der Waals surface area contributed by atoms with Gasteiger partial charge in [0, 0.05) is 50.8 Å². The highest BCUT2D eigenvalue weighted by molar-refractivity contribution is 5.97. The van der Waals surface area contributed by atoms with Crippen molar-refractivity contribution in [2.75, 3.05) is 45.3 Å². The fraction of sp³-hybridized carbons (Fsp3) is 0.550. The molecule has 9 nitrogen and oxygen atoms in total. The Morgan fingerprint density at radius 2 is 1.97 bits per heavy atom. The summed E-state index contributed by atoms with van der Waals surface area (Å²) in [7, 11) is 3.10. The molecule has 0 unspecified atom stereocenters. The number of urea groups is 1. The van der Waals surface area contributed by atoms with Gasteiger partial charge in [0.2, 0.25) is 11.8 Å². The Bertz CT molecular complexity index is 769. The molecule has 29 heavy (non-hydrogen) atoms. The molecule has 2 aliphatic rings. The molecule has 1 aromatic carbocycles. The van der Waals surface area contributed by atoms with Gasteiger partial charge in [0.15, 0.2) is 11.5 Å². The second kappa shape index (κ2) is 9.49. The smallest absolute Gasteiger partial charge is 0.315 e. The number of hydrogen-bond acceptors (Lipinski definition) is 5. The van der Waals surface area contributed by atoms with Crippen molar-refractivity contribution in [1.82, 2.24) is 15.5 Å². The normalized spacial score (nSPS) is 18.9. The molecule has 0 spiro atoms. The van der Waals surface area contributed by atoms with E-state index in [2.05, 4.69) is 10.6 Å². The number of anilines is 1. The number of likely N-dealkylation sites (tertiary alicyclic amines) is 1. The number of carbonyl (C=O) groups excluding carboxylic acids is 3. The van der Waals surface area contributed by atoms with Crippen LogP contribution < -0.4 is 25.0 Å². The van der Waals surface area contributed by atoms with Crippen LogP contribution in [-0.2, 0) is 9.59 Å². The quantitative estimate of drug-likeness (QED) is 0.633. The molecule has 158 valence electrons. The number of ether oxygens (including phenoxy) is 2. The summed E-state index contributed by atoms with van der Waals surface area (Å²) < 4.78 is 10.5. The molecule has 2 heterocycles. The standard InChI is InChI=1S/C20H28N4O5/c1-28-16-7-6-15(12-17(16)29-2)24-13-14(11-19(24)26)22-20(27)21-8-4-10-23-9-3-5-18(23)25/h6-7,12,14H,3-5,8-11,13H2,1-2H3,(H2,21,22,27)/t14-/m1/s1. The molecule has 1 aromatic rings. The number of rotatable bonds is 8. The topological polar surface area (TPSA) is 100 Å². The molecule has 1 atom stereocenters. The highest BCUT2D eigenvalue weighted by Gasteiger charge is 2.32. The van der Waals surface area contributed by atoms with Crippen LogP contribution in [0.1, 0.15) is 25.7 Å². The van der Waals surface area contributed by atoms with Crippen LogP contribution >= 0.6 is 0 Å². The van der Waals surface area contributed by atoms with Crippen LogP contribution in [0, 0.1) is 0 Å². The lowest BCUT2D eigenvalue weighted by Crippen LogP contribution is -2.44. The van der Waals surface area contributed by atoms with Gasteiger partial charge in [-0.3, -0.25) is 9.59 Å². The fourth-order valence-corrected chi connectivity index (χ4v) is 3.70. The minimum Gasteiger partial charge on any atom is -0.493 e. The second-order valence-corrected chi connectivity index (χ2v) is 7.18. The van der Waals surface area contributed by atoms with Crippen LogP contribution in [0.15, 0.2) is 18.2 Å². The average molecular weight is 404 g/mol. The lowest BCUT2D eigenvalue weighted by Gasteiger charge is -2.19. The predicted octanol–water partition coefficient (Wildman–Crippen LogP) is 1.12. The Balaban J connectivity index is 1.45. The SMILES string of the molecule is COc1ccc(N2C[C@H](NC(=O)NCCCN3CCCC3=O)CC2=O)cc1OC. The van der Waals surface area contributed by atoms with Gasteiger partial charge in [-0.15, -0.1) is 0 Å². The van der Waals surface area contributed by atoms with Gasteiger partial charge in [-0.05, 0) is 25.0 Å². The monoisotopic (exact) mass is 404 g/mol. The van der Waals surface area contributed by atoms with Gasteiger partial charge in [0.05, 0.1) is 20.3 Å². The third-order valence-corrected chi connectivity index (χ3v) is 5.20. The van der Waals surface area contributed by atoms with Crippen molar-refractivity contribution in [3.05, 3.63) is 18.2 Å². The number of benzene rings is 1. The third kappa shape index (κ3) is 5.10. The zero-order valence-electron chi connectivity index (χ0n) is 16.9. The number of nitrogens with zero attached hydrogens (tertiary/aromatic N) is 2. The molecule has 9 heteroatoms. The van der Waals surface area contributed by atoms with E-state index in [0.29, 0.717) is 49.7 Å². The zero-order valence-corrected chi connectivity index (χ0v) is 16.9. The Morgan fingerprint density at radius 1 is 1.17 bits per heavy atom. The number of amides is 4. The van der Waals surface area contributed by atoms with Crippen molar-refractivity contribution in [3.63, 3.8) is 0 Å². The van der Waals surface area contributed by atoms with Gasteiger partial charge in [-0.25, -0.2) is 4.79 Å². The van der Waals surface area contributed by atoms with E-state index in [-0.39, 0.29) is 30.3 Å². The lowest BCUT2D eigenvalue weighted by atomic mass is 10.2. The van der Waals surface area contributed by atoms with Gasteiger partial charge < -0.3 is 29.9 Å². The third-order valence-electron chi connectivity index (χ3n) is 5.20. The molecule has 4 amide bonds. The molecule has 0 aliphatic carbocycles. The first-order chi connectivity index (χ1) is 14.0. The van der Waals surface area contributed by atoms with E-state index in [1.165, 1.54) is 0 Å². The van der Waals surface area contributed by atoms with Crippen molar-refractivity contribution in [2.45, 2.75) is 31.7 Å². The van der Waals surface area contributed by atoms with E-state index >= 15 is 0 Å². The van der Waals surface area contributed by atoms with Crippen molar-refractivity contribution >= 4 is 23.5 Å². The summed E-state index contributed by atoms with van der Waals surface area (Å²) in [5.74, 6) is 1.26. The van der Waals surface area contributed by atoms with Gasteiger partial charge in [0.25, 0.3) is 0 Å². The summed E-state index contributed by atoms with van der Waals surface area (Å²) in [6, 6.07) is 4.72. The Morgan fingerprint density at radius 3 is 2.66 bits per heavy atom. The van der Waals surface area contributed by atoms with Crippen LogP contribution in [0.5, 0.6) is 11.5 Å². The fourth-order valence-electron chi connectivity index (χ4n) is 3.70. The minimum absolute atomic E-state index is 0.0601. The van der Waals surface area contributed by atoms with Gasteiger partial charge in [-0.2, -0.15) is 0 Å². The minimum atomic E-state index is -0.301. The number of hydrogen-bond donors (Lipinski definition) is 2. The van der Waals surface area contributed by atoms with Crippen LogP contribution in [0.4, 0.5) is 10.5 Å². The van der Waals surface area contributed by atoms with Gasteiger partial charge >= 0.3 is 6.03 Å². The van der Waals surface area contributed by atoms with Crippen molar-refractivity contribution in [2.24, 2.45) is 0 Å². The molecular formula is C20H28N4O5. The summed E-state index contributed by atoms with van der Waals surface area (Å²) >= 11 is 0. The van der Waals surface area contributed by atoms with E-state index in [0.717, 1.165) is 13.0 Å². The molecule has 0 radical (unpaired) electrons. The highest BCUT2D eigenvalue weighted by atomic mass is 16.5. The first-order valence-electron chi connectivity index (χ1n) is 9.86. The number of nitrogens with one attached hydrogen (secondary N) is 2. The first kappa shape index (κ1) is 20.8. The second-order valence-electron chi connectivity index (χ2n) is 7.18. The first-order valence-corrected chi connectivity index (χ1v) is 9.86. The maximum Gasteiger partial charge on any atom is 0.315 e. The molecule has 0 aromatic heterocycles. The van der Waals surface area contributed by atoms with E-state index in [1.54, 1.807) is 37.3 Å². The van der Waals surface area contributed by atoms with Crippen LogP contribution in [0.25, 0.3) is 0 Å². The van der Waals surface area contributed by atoms with Crippen molar-refractivity contribution < 1.29 is 23.9 Å². The number of carbonyl (C=O) groups is 3. The molecule has 2 aliphatic heterocycles. The van der Waals surface area contributed by atoms with Crippen LogP contribution in [0.3, 0.4) is 0 Å². The maximum absolute atomic E-state index is 12.4. The maximum atomic E-state index is 12.4. The van der Waals surface area contributed by atoms with Gasteiger partial charge in [0.1, 0.15) is 0 Å². The Hall–Kier alpha value is -2.97. The van der Waals surface area contributed by atoms with Crippen LogP contribution in [0.2, 0.25) is 0 Å². The average Bonchev–Trinajstić information content (AvgIpc) is 3.29. The largest absolute Gasteiger partial charge is 0.493 e.